The molecule has 6 heteroatoms. The second kappa shape index (κ2) is 6.98. The van der Waals surface area contributed by atoms with Gasteiger partial charge in [-0.2, -0.15) is 0 Å². The van der Waals surface area contributed by atoms with Crippen LogP contribution in [0.4, 0.5) is 0 Å². The van der Waals surface area contributed by atoms with E-state index in [-0.39, 0.29) is 11.5 Å². The molecule has 0 aromatic carbocycles. The van der Waals surface area contributed by atoms with E-state index in [0.29, 0.717) is 35.7 Å². The quantitative estimate of drug-likeness (QED) is 0.888. The second-order valence-corrected chi connectivity index (χ2v) is 6.32. The molecule has 2 aromatic heterocycles. The highest BCUT2D eigenvalue weighted by atomic mass is 16.3. The van der Waals surface area contributed by atoms with Crippen LogP contribution in [-0.2, 0) is 4.79 Å². The predicted molar refractivity (Wildman–Crippen MR) is 89.5 cm³/mol. The van der Waals surface area contributed by atoms with Gasteiger partial charge in [-0.05, 0) is 32.6 Å². The van der Waals surface area contributed by atoms with E-state index in [1.165, 1.54) is 10.9 Å². The Bertz CT molecular complexity index is 758. The number of nitrogens with one attached hydrogen (secondary N) is 1. The van der Waals surface area contributed by atoms with Gasteiger partial charge in [0.1, 0.15) is 23.5 Å². The van der Waals surface area contributed by atoms with Gasteiger partial charge in [-0.15, -0.1) is 0 Å². The number of nitrogens with zero attached hydrogens (tertiary/aromatic N) is 2. The summed E-state index contributed by atoms with van der Waals surface area (Å²) >= 11 is 0. The number of aromatic nitrogens is 2. The number of aryl methyl sites for hydroxylation is 2. The number of carbonyl (C=O) groups excluding carboxylic acids is 1. The summed E-state index contributed by atoms with van der Waals surface area (Å²) in [4.78, 5) is 29.3. The maximum absolute atomic E-state index is 12.7. The molecule has 0 aliphatic carbocycles. The molecule has 1 N–H and O–H groups in total. The molecule has 2 rings (SSSR count). The highest BCUT2D eigenvalue weighted by Crippen LogP contribution is 2.20. The van der Waals surface area contributed by atoms with Gasteiger partial charge in [0.2, 0.25) is 11.6 Å². The van der Waals surface area contributed by atoms with Crippen LogP contribution in [-0.4, -0.2) is 22.0 Å². The summed E-state index contributed by atoms with van der Waals surface area (Å²) in [7, 11) is 0. The Kier molecular flexibility index (Phi) is 5.23. The minimum absolute atomic E-state index is 0.144. The van der Waals surface area contributed by atoms with Crippen molar-refractivity contribution in [2.45, 2.75) is 53.5 Å². The van der Waals surface area contributed by atoms with Gasteiger partial charge in [0, 0.05) is 12.1 Å². The molecule has 0 saturated heterocycles. The van der Waals surface area contributed by atoms with E-state index < -0.39 is 6.04 Å². The Morgan fingerprint density at radius 3 is 2.70 bits per heavy atom. The first-order valence-electron chi connectivity index (χ1n) is 8.11. The number of rotatable bonds is 6. The molecule has 0 spiro atoms. The van der Waals surface area contributed by atoms with Crippen molar-refractivity contribution in [3.8, 4) is 0 Å². The van der Waals surface area contributed by atoms with Gasteiger partial charge in [0.25, 0.3) is 5.56 Å². The molecule has 1 atom stereocenters. The summed E-state index contributed by atoms with van der Waals surface area (Å²) in [5, 5.41) is 3.37. The van der Waals surface area contributed by atoms with Crippen molar-refractivity contribution in [2.75, 3.05) is 6.54 Å². The molecule has 23 heavy (non-hydrogen) atoms. The Labute approximate surface area is 135 Å². The van der Waals surface area contributed by atoms with Crippen LogP contribution in [0, 0.1) is 19.8 Å². The van der Waals surface area contributed by atoms with Crippen molar-refractivity contribution < 1.29 is 9.21 Å². The highest BCUT2D eigenvalue weighted by molar-refractivity contribution is 5.81. The highest BCUT2D eigenvalue weighted by Gasteiger charge is 2.22. The third-order valence-electron chi connectivity index (χ3n) is 4.16. The monoisotopic (exact) mass is 319 g/mol. The van der Waals surface area contributed by atoms with Crippen molar-refractivity contribution in [3.05, 3.63) is 28.0 Å². The van der Waals surface area contributed by atoms with Gasteiger partial charge in [-0.3, -0.25) is 14.2 Å². The smallest absolute Gasteiger partial charge is 0.265 e. The number of amides is 1. The van der Waals surface area contributed by atoms with E-state index in [9.17, 15) is 9.59 Å². The zero-order valence-electron chi connectivity index (χ0n) is 14.5. The summed E-state index contributed by atoms with van der Waals surface area (Å²) < 4.78 is 6.89. The van der Waals surface area contributed by atoms with Crippen LogP contribution in [0.3, 0.4) is 0 Å². The minimum atomic E-state index is -0.554. The lowest BCUT2D eigenvalue weighted by molar-refractivity contribution is -0.124. The molecule has 1 unspecified atom stereocenters. The van der Waals surface area contributed by atoms with Gasteiger partial charge >= 0.3 is 0 Å². The number of hydrogen-bond acceptors (Lipinski definition) is 4. The van der Waals surface area contributed by atoms with Crippen molar-refractivity contribution in [2.24, 2.45) is 5.92 Å². The molecule has 0 fully saturated rings. The molecule has 6 nitrogen and oxygen atoms in total. The fourth-order valence-electron chi connectivity index (χ4n) is 2.58. The van der Waals surface area contributed by atoms with E-state index in [2.05, 4.69) is 24.1 Å². The lowest BCUT2D eigenvalue weighted by Crippen LogP contribution is -2.37. The van der Waals surface area contributed by atoms with Crippen molar-refractivity contribution in [1.29, 1.82) is 0 Å². The largest absolute Gasteiger partial charge is 0.443 e. The molecular weight excluding hydrogens is 294 g/mol. The van der Waals surface area contributed by atoms with Crippen LogP contribution >= 0.6 is 0 Å². The Morgan fingerprint density at radius 1 is 1.39 bits per heavy atom. The fraction of sp³-hybridized carbons (Fsp3) is 0.588. The Hall–Kier alpha value is -2.11. The third-order valence-corrected chi connectivity index (χ3v) is 4.16. The van der Waals surface area contributed by atoms with Crippen molar-refractivity contribution in [3.63, 3.8) is 0 Å². The lowest BCUT2D eigenvalue weighted by Gasteiger charge is -2.17. The number of hydrogen-bond donors (Lipinski definition) is 1. The molecule has 0 bridgehead atoms. The van der Waals surface area contributed by atoms with Crippen molar-refractivity contribution in [1.82, 2.24) is 14.9 Å². The van der Waals surface area contributed by atoms with Crippen LogP contribution in [0.1, 0.15) is 51.0 Å². The summed E-state index contributed by atoms with van der Waals surface area (Å²) in [6, 6.07) is -0.554. The van der Waals surface area contributed by atoms with Crippen LogP contribution in [0.15, 0.2) is 15.5 Å². The predicted octanol–water partition coefficient (Wildman–Crippen LogP) is 2.72. The number of furan rings is 1. The molecule has 126 valence electrons. The van der Waals surface area contributed by atoms with Crippen LogP contribution in [0.2, 0.25) is 0 Å². The minimum Gasteiger partial charge on any atom is -0.443 e. The molecule has 0 aliphatic rings. The molecular formula is C17H25N3O3. The zero-order valence-corrected chi connectivity index (χ0v) is 14.5. The maximum Gasteiger partial charge on any atom is 0.265 e. The normalized spacial score (nSPS) is 12.8. The van der Waals surface area contributed by atoms with Gasteiger partial charge in [-0.25, -0.2) is 4.98 Å². The number of carbonyl (C=O) groups is 1. The van der Waals surface area contributed by atoms with Crippen molar-refractivity contribution >= 4 is 17.0 Å². The lowest BCUT2D eigenvalue weighted by atomic mass is 10.1. The maximum atomic E-state index is 12.7. The standard InChI is InChI=1S/C17H25N3O3/c1-6-13(15(21)18-8-7-10(2)3)20-9-19-16-14(17(20)22)11(4)12(5)23-16/h9-10,13H,6-8H2,1-5H3,(H,18,21). The van der Waals surface area contributed by atoms with E-state index >= 15 is 0 Å². The van der Waals surface area contributed by atoms with Crippen LogP contribution in [0.5, 0.6) is 0 Å². The first-order chi connectivity index (χ1) is 10.9. The molecule has 0 saturated carbocycles. The van der Waals surface area contributed by atoms with E-state index in [1.807, 2.05) is 13.8 Å². The van der Waals surface area contributed by atoms with E-state index in [4.69, 9.17) is 4.42 Å². The summed E-state index contributed by atoms with van der Waals surface area (Å²) in [5.74, 6) is 1.05. The van der Waals surface area contributed by atoms with Gasteiger partial charge < -0.3 is 9.73 Å². The van der Waals surface area contributed by atoms with E-state index in [1.54, 1.807) is 6.92 Å². The van der Waals surface area contributed by atoms with Crippen LogP contribution in [0.25, 0.3) is 11.1 Å². The van der Waals surface area contributed by atoms with Gasteiger partial charge in [0.05, 0.1) is 0 Å². The molecule has 2 heterocycles. The summed E-state index contributed by atoms with van der Waals surface area (Å²) in [6.45, 7) is 10.3. The average Bonchev–Trinajstić information content (AvgIpc) is 2.77. The molecule has 0 aliphatic heterocycles. The Morgan fingerprint density at radius 2 is 2.09 bits per heavy atom. The van der Waals surface area contributed by atoms with Gasteiger partial charge in [0.15, 0.2) is 0 Å². The molecule has 0 radical (unpaired) electrons. The topological polar surface area (TPSA) is 77.1 Å². The van der Waals surface area contributed by atoms with E-state index in [0.717, 1.165) is 12.0 Å². The second-order valence-electron chi connectivity index (χ2n) is 6.32. The summed E-state index contributed by atoms with van der Waals surface area (Å²) in [5.41, 5.74) is 0.883. The first-order valence-corrected chi connectivity index (χ1v) is 8.11. The van der Waals surface area contributed by atoms with Crippen LogP contribution < -0.4 is 10.9 Å². The zero-order chi connectivity index (χ0) is 17.1. The average molecular weight is 319 g/mol. The number of fused-ring (bicyclic) bond motifs is 1. The Balaban J connectivity index is 2.33. The molecule has 1 amide bonds. The SMILES string of the molecule is CCC(C(=O)NCCC(C)C)n1cnc2oc(C)c(C)c2c1=O. The summed E-state index contributed by atoms with van der Waals surface area (Å²) in [6.07, 6.45) is 2.84. The molecule has 2 aromatic rings. The first kappa shape index (κ1) is 17.2. The fourth-order valence-corrected chi connectivity index (χ4v) is 2.58. The third kappa shape index (κ3) is 3.46. The van der Waals surface area contributed by atoms with Gasteiger partial charge in [-0.1, -0.05) is 20.8 Å².